The largest absolute Gasteiger partial charge is 0.360 e. The van der Waals surface area contributed by atoms with Gasteiger partial charge in [0.05, 0.1) is 0 Å². The first-order chi connectivity index (χ1) is 8.97. The number of carbonyl (C=O) groups excluding carboxylic acids is 2. The number of hydrogen-bond donors (Lipinski definition) is 2. The van der Waals surface area contributed by atoms with Gasteiger partial charge >= 0.3 is 6.03 Å². The Morgan fingerprint density at radius 3 is 2.53 bits per heavy atom. The summed E-state index contributed by atoms with van der Waals surface area (Å²) in [6, 6.07) is 0.700. The van der Waals surface area contributed by atoms with Gasteiger partial charge < -0.3 is 20.1 Å². The van der Waals surface area contributed by atoms with E-state index in [2.05, 4.69) is 15.8 Å². The van der Waals surface area contributed by atoms with E-state index in [1.54, 1.807) is 24.8 Å². The average molecular weight is 268 g/mol. The summed E-state index contributed by atoms with van der Waals surface area (Å²) in [5.41, 5.74) is 0. The molecule has 1 heterocycles. The van der Waals surface area contributed by atoms with E-state index in [1.807, 2.05) is 13.8 Å². The van der Waals surface area contributed by atoms with Crippen molar-refractivity contribution in [1.82, 2.24) is 15.4 Å². The van der Waals surface area contributed by atoms with E-state index < -0.39 is 6.04 Å². The Kier molecular flexibility index (Phi) is 5.35. The smallest absolute Gasteiger partial charge is 0.318 e. The van der Waals surface area contributed by atoms with Gasteiger partial charge in [0.1, 0.15) is 11.8 Å². The standard InChI is InChI=1S/C12H20N4O3/c1-5-16(6-2)12(18)13-9(4)11(17)14-10-7-8(3)19-15-10/h7,9H,5-6H2,1-4H3,(H,13,18)(H,14,15,17)/t9-/m0/s1. The van der Waals surface area contributed by atoms with E-state index >= 15 is 0 Å². The van der Waals surface area contributed by atoms with Crippen molar-refractivity contribution in [3.63, 3.8) is 0 Å². The van der Waals surface area contributed by atoms with Crippen molar-refractivity contribution in [3.05, 3.63) is 11.8 Å². The highest BCUT2D eigenvalue weighted by Crippen LogP contribution is 2.07. The molecule has 1 aromatic heterocycles. The third kappa shape index (κ3) is 4.27. The van der Waals surface area contributed by atoms with E-state index in [0.717, 1.165) is 0 Å². The molecule has 0 aliphatic carbocycles. The van der Waals surface area contributed by atoms with Crippen molar-refractivity contribution in [1.29, 1.82) is 0 Å². The van der Waals surface area contributed by atoms with Gasteiger partial charge in [-0.3, -0.25) is 4.79 Å². The van der Waals surface area contributed by atoms with Crippen LogP contribution in [0.1, 0.15) is 26.5 Å². The summed E-state index contributed by atoms with van der Waals surface area (Å²) in [6.07, 6.45) is 0. The molecule has 0 unspecified atom stereocenters. The van der Waals surface area contributed by atoms with Crippen molar-refractivity contribution >= 4 is 17.8 Å². The van der Waals surface area contributed by atoms with Gasteiger partial charge in [-0.2, -0.15) is 0 Å². The van der Waals surface area contributed by atoms with Gasteiger partial charge in [0, 0.05) is 19.2 Å². The maximum atomic E-state index is 11.8. The molecule has 0 saturated heterocycles. The van der Waals surface area contributed by atoms with E-state index in [-0.39, 0.29) is 11.9 Å². The maximum Gasteiger partial charge on any atom is 0.318 e. The van der Waals surface area contributed by atoms with Crippen LogP contribution in [0.2, 0.25) is 0 Å². The lowest BCUT2D eigenvalue weighted by Crippen LogP contribution is -2.48. The first-order valence-electron chi connectivity index (χ1n) is 6.27. The summed E-state index contributed by atoms with van der Waals surface area (Å²) in [7, 11) is 0. The van der Waals surface area contributed by atoms with Crippen molar-refractivity contribution in [2.45, 2.75) is 33.7 Å². The minimum atomic E-state index is -0.648. The number of hydrogen-bond acceptors (Lipinski definition) is 4. The normalized spacial score (nSPS) is 11.8. The summed E-state index contributed by atoms with van der Waals surface area (Å²) in [6.45, 7) is 8.30. The van der Waals surface area contributed by atoms with Crippen LogP contribution in [0.15, 0.2) is 10.6 Å². The predicted molar refractivity (Wildman–Crippen MR) is 70.8 cm³/mol. The van der Waals surface area contributed by atoms with Crippen LogP contribution in [-0.2, 0) is 4.79 Å². The van der Waals surface area contributed by atoms with Gasteiger partial charge in [-0.1, -0.05) is 5.16 Å². The molecule has 1 aromatic rings. The minimum absolute atomic E-state index is 0.260. The molecule has 0 aromatic carbocycles. The maximum absolute atomic E-state index is 11.8. The number of aryl methyl sites for hydroxylation is 1. The molecule has 1 rings (SSSR count). The molecular weight excluding hydrogens is 248 g/mol. The quantitative estimate of drug-likeness (QED) is 0.844. The predicted octanol–water partition coefficient (Wildman–Crippen LogP) is 1.36. The van der Waals surface area contributed by atoms with Crippen LogP contribution in [0.4, 0.5) is 10.6 Å². The van der Waals surface area contributed by atoms with Gasteiger partial charge in [-0.15, -0.1) is 0 Å². The summed E-state index contributed by atoms with van der Waals surface area (Å²) in [4.78, 5) is 25.2. The van der Waals surface area contributed by atoms with Crippen LogP contribution in [0.3, 0.4) is 0 Å². The molecule has 0 fully saturated rings. The lowest BCUT2D eigenvalue weighted by molar-refractivity contribution is -0.117. The summed E-state index contributed by atoms with van der Waals surface area (Å²) in [5, 5.41) is 8.85. The van der Waals surface area contributed by atoms with Gasteiger partial charge in [-0.25, -0.2) is 4.79 Å². The molecule has 0 bridgehead atoms. The van der Waals surface area contributed by atoms with E-state index in [1.165, 1.54) is 0 Å². The van der Waals surface area contributed by atoms with Crippen molar-refractivity contribution < 1.29 is 14.1 Å². The van der Waals surface area contributed by atoms with E-state index in [0.29, 0.717) is 24.7 Å². The molecule has 106 valence electrons. The molecule has 7 nitrogen and oxygen atoms in total. The molecular formula is C12H20N4O3. The van der Waals surface area contributed by atoms with Crippen molar-refractivity contribution in [2.75, 3.05) is 18.4 Å². The molecule has 19 heavy (non-hydrogen) atoms. The van der Waals surface area contributed by atoms with Crippen LogP contribution in [-0.4, -0.2) is 41.1 Å². The summed E-state index contributed by atoms with van der Waals surface area (Å²) < 4.78 is 4.84. The van der Waals surface area contributed by atoms with Gasteiger partial charge in [0.15, 0.2) is 5.82 Å². The van der Waals surface area contributed by atoms with Gasteiger partial charge in [-0.05, 0) is 27.7 Å². The van der Waals surface area contributed by atoms with Crippen LogP contribution < -0.4 is 10.6 Å². The van der Waals surface area contributed by atoms with Crippen molar-refractivity contribution in [2.24, 2.45) is 0 Å². The van der Waals surface area contributed by atoms with E-state index in [4.69, 9.17) is 4.52 Å². The average Bonchev–Trinajstić information content (AvgIpc) is 2.76. The highest BCUT2D eigenvalue weighted by molar-refractivity contribution is 5.96. The number of carbonyl (C=O) groups is 2. The zero-order chi connectivity index (χ0) is 14.4. The minimum Gasteiger partial charge on any atom is -0.360 e. The first kappa shape index (κ1) is 15.0. The number of urea groups is 1. The number of aromatic nitrogens is 1. The molecule has 3 amide bonds. The van der Waals surface area contributed by atoms with Crippen LogP contribution >= 0.6 is 0 Å². The topological polar surface area (TPSA) is 87.5 Å². The highest BCUT2D eigenvalue weighted by Gasteiger charge is 2.19. The molecule has 0 aliphatic rings. The number of amides is 3. The fraction of sp³-hybridized carbons (Fsp3) is 0.583. The Hall–Kier alpha value is -2.05. The second kappa shape index (κ2) is 6.77. The number of nitrogens with one attached hydrogen (secondary N) is 2. The Bertz CT molecular complexity index is 440. The molecule has 7 heteroatoms. The Balaban J connectivity index is 2.51. The number of rotatable bonds is 5. The second-order valence-electron chi connectivity index (χ2n) is 4.16. The third-order valence-electron chi connectivity index (χ3n) is 2.66. The molecule has 2 N–H and O–H groups in total. The van der Waals surface area contributed by atoms with Crippen LogP contribution in [0.25, 0.3) is 0 Å². The fourth-order valence-corrected chi connectivity index (χ4v) is 1.51. The lowest BCUT2D eigenvalue weighted by Gasteiger charge is -2.21. The first-order valence-corrected chi connectivity index (χ1v) is 6.27. The van der Waals surface area contributed by atoms with Crippen LogP contribution in [0.5, 0.6) is 0 Å². The summed E-state index contributed by atoms with van der Waals surface area (Å²) in [5.74, 6) is 0.607. The second-order valence-corrected chi connectivity index (χ2v) is 4.16. The van der Waals surface area contributed by atoms with Crippen LogP contribution in [0, 0.1) is 6.92 Å². The lowest BCUT2D eigenvalue weighted by atomic mass is 10.3. The zero-order valence-electron chi connectivity index (χ0n) is 11.7. The Morgan fingerprint density at radius 1 is 1.42 bits per heavy atom. The summed E-state index contributed by atoms with van der Waals surface area (Å²) >= 11 is 0. The van der Waals surface area contributed by atoms with Gasteiger partial charge in [0.2, 0.25) is 5.91 Å². The molecule has 0 spiro atoms. The molecule has 0 aliphatic heterocycles. The van der Waals surface area contributed by atoms with Crippen molar-refractivity contribution in [3.8, 4) is 0 Å². The Morgan fingerprint density at radius 2 is 2.05 bits per heavy atom. The third-order valence-corrected chi connectivity index (χ3v) is 2.66. The van der Waals surface area contributed by atoms with E-state index in [9.17, 15) is 9.59 Å². The molecule has 0 radical (unpaired) electrons. The molecule has 0 saturated carbocycles. The van der Waals surface area contributed by atoms with Gasteiger partial charge in [0.25, 0.3) is 0 Å². The SMILES string of the molecule is CCN(CC)C(=O)N[C@@H](C)C(=O)Nc1cc(C)on1. The Labute approximate surface area is 112 Å². The number of anilines is 1. The zero-order valence-corrected chi connectivity index (χ0v) is 11.7. The fourth-order valence-electron chi connectivity index (χ4n) is 1.51. The number of nitrogens with zero attached hydrogens (tertiary/aromatic N) is 2. The molecule has 1 atom stereocenters. The monoisotopic (exact) mass is 268 g/mol. The highest BCUT2D eigenvalue weighted by atomic mass is 16.5.